The van der Waals surface area contributed by atoms with Crippen molar-refractivity contribution in [2.45, 2.75) is 13.3 Å². The fourth-order valence-electron chi connectivity index (χ4n) is 2.72. The van der Waals surface area contributed by atoms with Crippen LogP contribution < -0.4 is 20.7 Å². The fraction of sp³-hybridized carbons (Fsp3) is 0.130. The number of ether oxygens (including phenoxy) is 1. The van der Waals surface area contributed by atoms with Crippen LogP contribution in [0.3, 0.4) is 0 Å². The quantitative estimate of drug-likeness (QED) is 0.513. The number of rotatable bonds is 8. The molecule has 0 saturated heterocycles. The van der Waals surface area contributed by atoms with Gasteiger partial charge in [0.2, 0.25) is 11.8 Å². The van der Waals surface area contributed by atoms with Crippen LogP contribution in [-0.2, 0) is 9.59 Å². The molecule has 0 aliphatic carbocycles. The molecule has 148 valence electrons. The molecule has 3 N–H and O–H groups in total. The molecule has 3 aromatic rings. The van der Waals surface area contributed by atoms with Gasteiger partial charge in [0.15, 0.2) is 5.75 Å². The Kier molecular flexibility index (Phi) is 6.84. The van der Waals surface area contributed by atoms with Gasteiger partial charge in [-0.2, -0.15) is 0 Å². The van der Waals surface area contributed by atoms with Crippen molar-refractivity contribution in [1.29, 1.82) is 0 Å². The maximum atomic E-state index is 12.4. The maximum absolute atomic E-state index is 12.4. The van der Waals surface area contributed by atoms with Crippen LogP contribution in [0.1, 0.15) is 13.3 Å². The van der Waals surface area contributed by atoms with Crippen molar-refractivity contribution in [2.75, 3.05) is 22.5 Å². The topological polar surface area (TPSA) is 79.5 Å². The Morgan fingerprint density at radius 2 is 1.55 bits per heavy atom. The zero-order valence-electron chi connectivity index (χ0n) is 16.1. The third-order valence-corrected chi connectivity index (χ3v) is 4.00. The first-order valence-electron chi connectivity index (χ1n) is 9.33. The van der Waals surface area contributed by atoms with Gasteiger partial charge < -0.3 is 20.7 Å². The molecule has 2 amide bonds. The van der Waals surface area contributed by atoms with Gasteiger partial charge >= 0.3 is 0 Å². The Balaban J connectivity index is 1.53. The van der Waals surface area contributed by atoms with E-state index >= 15 is 0 Å². The fourth-order valence-corrected chi connectivity index (χ4v) is 2.72. The van der Waals surface area contributed by atoms with Crippen molar-refractivity contribution in [3.63, 3.8) is 0 Å². The van der Waals surface area contributed by atoms with E-state index < -0.39 is 0 Å². The number of carbonyl (C=O) groups is 2. The molecule has 0 aliphatic rings. The summed E-state index contributed by atoms with van der Waals surface area (Å²) in [6, 6.07) is 24.1. The van der Waals surface area contributed by atoms with Gasteiger partial charge in [-0.05, 0) is 42.5 Å². The number of anilines is 3. The third kappa shape index (κ3) is 6.39. The standard InChI is InChI=1S/C23H23N3O3/c1-17(27)25-19-9-7-8-18(16-19)24-15-14-23(28)26-21-12-5-6-13-22(21)29-20-10-3-2-4-11-20/h2-13,16,24H,14-15H2,1H3,(H,25,27)(H,26,28). The summed E-state index contributed by atoms with van der Waals surface area (Å²) < 4.78 is 5.86. The smallest absolute Gasteiger partial charge is 0.226 e. The largest absolute Gasteiger partial charge is 0.455 e. The summed E-state index contributed by atoms with van der Waals surface area (Å²) in [5.74, 6) is 1.04. The number of amides is 2. The van der Waals surface area contributed by atoms with Crippen LogP contribution in [0.15, 0.2) is 78.9 Å². The predicted octanol–water partition coefficient (Wildman–Crippen LogP) is 4.88. The number of hydrogen-bond donors (Lipinski definition) is 3. The van der Waals surface area contributed by atoms with Gasteiger partial charge in [0.05, 0.1) is 5.69 Å². The highest BCUT2D eigenvalue weighted by molar-refractivity contribution is 5.92. The molecule has 0 bridgehead atoms. The lowest BCUT2D eigenvalue weighted by Gasteiger charge is -2.13. The summed E-state index contributed by atoms with van der Waals surface area (Å²) in [5, 5.41) is 8.81. The van der Waals surface area contributed by atoms with Gasteiger partial charge in [-0.1, -0.05) is 36.4 Å². The van der Waals surface area contributed by atoms with E-state index in [1.165, 1.54) is 6.92 Å². The highest BCUT2D eigenvalue weighted by atomic mass is 16.5. The highest BCUT2D eigenvalue weighted by Gasteiger charge is 2.08. The minimum absolute atomic E-state index is 0.125. The van der Waals surface area contributed by atoms with Crippen LogP contribution in [0.25, 0.3) is 0 Å². The van der Waals surface area contributed by atoms with E-state index in [0.717, 1.165) is 5.69 Å². The minimum Gasteiger partial charge on any atom is -0.455 e. The first kappa shape index (κ1) is 19.9. The molecule has 29 heavy (non-hydrogen) atoms. The molecular weight excluding hydrogens is 366 g/mol. The van der Waals surface area contributed by atoms with Crippen LogP contribution in [0.2, 0.25) is 0 Å². The molecule has 6 heteroatoms. The second-order valence-electron chi connectivity index (χ2n) is 6.40. The Labute approximate surface area is 169 Å². The summed E-state index contributed by atoms with van der Waals surface area (Å²) in [4.78, 5) is 23.5. The molecule has 3 rings (SSSR count). The van der Waals surface area contributed by atoms with Crippen LogP contribution in [-0.4, -0.2) is 18.4 Å². The van der Waals surface area contributed by atoms with E-state index in [9.17, 15) is 9.59 Å². The van der Waals surface area contributed by atoms with Crippen molar-refractivity contribution in [1.82, 2.24) is 0 Å². The molecule has 0 spiro atoms. The van der Waals surface area contributed by atoms with Crippen molar-refractivity contribution < 1.29 is 14.3 Å². The van der Waals surface area contributed by atoms with Gasteiger partial charge in [-0.3, -0.25) is 9.59 Å². The number of nitrogens with one attached hydrogen (secondary N) is 3. The van der Waals surface area contributed by atoms with E-state index in [4.69, 9.17) is 4.74 Å². The average molecular weight is 389 g/mol. The lowest BCUT2D eigenvalue weighted by molar-refractivity contribution is -0.116. The van der Waals surface area contributed by atoms with E-state index in [2.05, 4.69) is 16.0 Å². The van der Waals surface area contributed by atoms with Crippen LogP contribution in [0, 0.1) is 0 Å². The predicted molar refractivity (Wildman–Crippen MR) is 115 cm³/mol. The van der Waals surface area contributed by atoms with Gasteiger partial charge in [0.1, 0.15) is 5.75 Å². The first-order chi connectivity index (χ1) is 14.1. The van der Waals surface area contributed by atoms with E-state index in [1.807, 2.05) is 72.8 Å². The van der Waals surface area contributed by atoms with Gasteiger partial charge in [0.25, 0.3) is 0 Å². The molecule has 0 fully saturated rings. The second kappa shape index (κ2) is 9.94. The number of para-hydroxylation sites is 3. The zero-order chi connectivity index (χ0) is 20.5. The molecule has 0 atom stereocenters. The van der Waals surface area contributed by atoms with Crippen LogP contribution in [0.5, 0.6) is 11.5 Å². The summed E-state index contributed by atoms with van der Waals surface area (Å²) >= 11 is 0. The number of carbonyl (C=O) groups excluding carboxylic acids is 2. The zero-order valence-corrected chi connectivity index (χ0v) is 16.1. The molecule has 0 aromatic heterocycles. The molecule has 0 radical (unpaired) electrons. The molecule has 3 aromatic carbocycles. The minimum atomic E-state index is -0.127. The summed E-state index contributed by atoms with van der Waals surface area (Å²) in [7, 11) is 0. The monoisotopic (exact) mass is 389 g/mol. The van der Waals surface area contributed by atoms with Gasteiger partial charge in [-0.25, -0.2) is 0 Å². The number of benzene rings is 3. The molecule has 0 saturated carbocycles. The molecule has 0 heterocycles. The second-order valence-corrected chi connectivity index (χ2v) is 6.40. The Hall–Kier alpha value is -3.80. The molecule has 0 aliphatic heterocycles. The Morgan fingerprint density at radius 3 is 2.34 bits per heavy atom. The third-order valence-electron chi connectivity index (χ3n) is 4.00. The molecular formula is C23H23N3O3. The summed E-state index contributed by atoms with van der Waals surface area (Å²) in [5.41, 5.74) is 2.16. The number of hydrogen-bond acceptors (Lipinski definition) is 4. The average Bonchev–Trinajstić information content (AvgIpc) is 2.70. The van der Waals surface area contributed by atoms with Crippen molar-refractivity contribution in [2.24, 2.45) is 0 Å². The lowest BCUT2D eigenvalue weighted by atomic mass is 10.2. The van der Waals surface area contributed by atoms with E-state index in [-0.39, 0.29) is 18.2 Å². The van der Waals surface area contributed by atoms with Gasteiger partial charge in [0, 0.05) is 31.3 Å². The van der Waals surface area contributed by atoms with Crippen LogP contribution in [0.4, 0.5) is 17.1 Å². The molecule has 0 unspecified atom stereocenters. The van der Waals surface area contributed by atoms with E-state index in [0.29, 0.717) is 29.4 Å². The van der Waals surface area contributed by atoms with Gasteiger partial charge in [-0.15, -0.1) is 0 Å². The highest BCUT2D eigenvalue weighted by Crippen LogP contribution is 2.29. The Morgan fingerprint density at radius 1 is 0.828 bits per heavy atom. The summed E-state index contributed by atoms with van der Waals surface area (Å²) in [6.07, 6.45) is 0.282. The van der Waals surface area contributed by atoms with Crippen LogP contribution >= 0.6 is 0 Å². The van der Waals surface area contributed by atoms with E-state index in [1.54, 1.807) is 6.07 Å². The van der Waals surface area contributed by atoms with Crippen molar-refractivity contribution in [3.05, 3.63) is 78.9 Å². The normalized spacial score (nSPS) is 10.1. The lowest BCUT2D eigenvalue weighted by Crippen LogP contribution is -2.16. The molecule has 6 nitrogen and oxygen atoms in total. The first-order valence-corrected chi connectivity index (χ1v) is 9.33. The summed E-state index contributed by atoms with van der Waals surface area (Å²) in [6.45, 7) is 1.92. The van der Waals surface area contributed by atoms with Crippen molar-refractivity contribution in [3.8, 4) is 11.5 Å². The SMILES string of the molecule is CC(=O)Nc1cccc(NCCC(=O)Nc2ccccc2Oc2ccccc2)c1. The Bertz CT molecular complexity index is 974. The maximum Gasteiger partial charge on any atom is 0.226 e. The van der Waals surface area contributed by atoms with Crippen molar-refractivity contribution >= 4 is 28.9 Å².